The zero-order valence-electron chi connectivity index (χ0n) is 17.3. The molecule has 0 aliphatic heterocycles. The minimum absolute atomic E-state index is 0.168. The van der Waals surface area contributed by atoms with Gasteiger partial charge in [-0.3, -0.25) is 5.32 Å². The van der Waals surface area contributed by atoms with Crippen LogP contribution in [0.15, 0.2) is 53.4 Å². The van der Waals surface area contributed by atoms with Gasteiger partial charge in [0, 0.05) is 36.2 Å². The molecular formula is C21H22N6O4. The van der Waals surface area contributed by atoms with E-state index in [1.807, 2.05) is 33.0 Å². The number of hydrogen-bond acceptors (Lipinski definition) is 8. The van der Waals surface area contributed by atoms with Gasteiger partial charge in [0.05, 0.1) is 11.2 Å². The molecule has 1 aromatic carbocycles. The second-order valence-corrected chi connectivity index (χ2v) is 7.12. The van der Waals surface area contributed by atoms with Gasteiger partial charge in [-0.25, -0.2) is 14.8 Å². The fourth-order valence-corrected chi connectivity index (χ4v) is 2.91. The highest BCUT2D eigenvalue weighted by Gasteiger charge is 2.13. The summed E-state index contributed by atoms with van der Waals surface area (Å²) in [6, 6.07) is 10.6. The molecule has 3 heterocycles. The zero-order chi connectivity index (χ0) is 21.8. The fraction of sp³-hybridized carbons (Fsp3) is 0.238. The van der Waals surface area contributed by atoms with Crippen molar-refractivity contribution in [3.63, 3.8) is 0 Å². The van der Waals surface area contributed by atoms with Gasteiger partial charge in [0.15, 0.2) is 5.82 Å². The molecule has 0 saturated heterocycles. The number of fused-ring (bicyclic) bond motifs is 1. The van der Waals surface area contributed by atoms with E-state index in [-0.39, 0.29) is 5.92 Å². The Morgan fingerprint density at radius 2 is 2.06 bits per heavy atom. The third kappa shape index (κ3) is 4.81. The van der Waals surface area contributed by atoms with Crippen molar-refractivity contribution < 1.29 is 18.9 Å². The number of carbonyl (C=O) groups is 1. The average Bonchev–Trinajstić information content (AvgIpc) is 3.36. The first-order valence-electron chi connectivity index (χ1n) is 9.72. The minimum Gasteiger partial charge on any atom is -0.439 e. The van der Waals surface area contributed by atoms with Crippen LogP contribution in [-0.4, -0.2) is 33.0 Å². The molecule has 0 fully saturated rings. The molecule has 0 saturated carbocycles. The molecule has 2 N–H and O–H groups in total. The Hall–Kier alpha value is -3.92. The maximum atomic E-state index is 12.2. The van der Waals surface area contributed by atoms with Crippen molar-refractivity contribution in [1.82, 2.24) is 25.2 Å². The normalized spacial score (nSPS) is 11.1. The van der Waals surface area contributed by atoms with E-state index in [1.165, 1.54) is 11.1 Å². The smallest absolute Gasteiger partial charge is 0.437 e. The predicted octanol–water partition coefficient (Wildman–Crippen LogP) is 3.72. The summed E-state index contributed by atoms with van der Waals surface area (Å²) in [4.78, 5) is 25.9. The lowest BCUT2D eigenvalue weighted by Crippen LogP contribution is -2.24. The average molecular weight is 422 g/mol. The molecule has 4 rings (SSSR count). The van der Waals surface area contributed by atoms with Crippen LogP contribution in [0, 0.1) is 0 Å². The first-order chi connectivity index (χ1) is 15.0. The standard InChI is InChI=1S/C21H22N6O4/c1-13(2)18-10-19(26-30-18)25-21(28)31-27-7-6-14-8-16(4-5-17(14)27)29-20-9-15(11-22-3)23-12-24-20/h4-10,12-13,22H,11H2,1-3H3,(H,25,26,28). The number of ether oxygens (including phenoxy) is 1. The van der Waals surface area contributed by atoms with Crippen LogP contribution in [0.25, 0.3) is 10.9 Å². The maximum Gasteiger partial charge on any atom is 0.437 e. The molecule has 0 radical (unpaired) electrons. The van der Waals surface area contributed by atoms with E-state index < -0.39 is 6.09 Å². The van der Waals surface area contributed by atoms with Gasteiger partial charge < -0.3 is 19.4 Å². The topological polar surface area (TPSA) is 116 Å². The van der Waals surface area contributed by atoms with Gasteiger partial charge in [-0.2, -0.15) is 4.73 Å². The molecule has 31 heavy (non-hydrogen) atoms. The molecule has 0 atom stereocenters. The molecule has 0 spiro atoms. The van der Waals surface area contributed by atoms with E-state index in [0.29, 0.717) is 35.3 Å². The van der Waals surface area contributed by atoms with Crippen molar-refractivity contribution in [2.75, 3.05) is 12.4 Å². The molecular weight excluding hydrogens is 400 g/mol. The van der Waals surface area contributed by atoms with Crippen LogP contribution in [0.3, 0.4) is 0 Å². The molecule has 1 amide bonds. The quantitative estimate of drug-likeness (QED) is 0.463. The molecule has 3 aromatic heterocycles. The maximum absolute atomic E-state index is 12.2. The Morgan fingerprint density at radius 3 is 2.84 bits per heavy atom. The number of carbonyl (C=O) groups excluding carboxylic acids is 1. The SMILES string of the molecule is CNCc1cc(Oc2ccc3c(ccn3OC(=O)Nc3cc(C(C)C)on3)c2)ncn1. The number of nitrogens with one attached hydrogen (secondary N) is 2. The second-order valence-electron chi connectivity index (χ2n) is 7.12. The van der Waals surface area contributed by atoms with Crippen LogP contribution >= 0.6 is 0 Å². The Morgan fingerprint density at radius 1 is 1.19 bits per heavy atom. The lowest BCUT2D eigenvalue weighted by Gasteiger charge is -2.08. The van der Waals surface area contributed by atoms with Gasteiger partial charge in [-0.05, 0) is 31.3 Å². The van der Waals surface area contributed by atoms with Gasteiger partial charge in [0.25, 0.3) is 0 Å². The highest BCUT2D eigenvalue weighted by atomic mass is 16.7. The van der Waals surface area contributed by atoms with E-state index in [4.69, 9.17) is 14.1 Å². The summed E-state index contributed by atoms with van der Waals surface area (Å²) < 4.78 is 12.4. The first-order valence-corrected chi connectivity index (χ1v) is 9.72. The predicted molar refractivity (Wildman–Crippen MR) is 113 cm³/mol. The number of anilines is 1. The first kappa shape index (κ1) is 20.4. The number of benzene rings is 1. The van der Waals surface area contributed by atoms with Gasteiger partial charge in [-0.1, -0.05) is 19.0 Å². The van der Waals surface area contributed by atoms with Crippen LogP contribution in [0.5, 0.6) is 11.6 Å². The van der Waals surface area contributed by atoms with E-state index >= 15 is 0 Å². The monoisotopic (exact) mass is 422 g/mol. The minimum atomic E-state index is -0.681. The highest BCUT2D eigenvalue weighted by Crippen LogP contribution is 2.25. The molecule has 0 aliphatic rings. The molecule has 0 unspecified atom stereocenters. The molecule has 0 aliphatic carbocycles. The summed E-state index contributed by atoms with van der Waals surface area (Å²) >= 11 is 0. The Labute approximate surface area is 178 Å². The Bertz CT molecular complexity index is 1200. The lowest BCUT2D eigenvalue weighted by atomic mass is 10.2. The highest BCUT2D eigenvalue weighted by molar-refractivity contribution is 5.86. The fourth-order valence-electron chi connectivity index (χ4n) is 2.91. The number of amides is 1. The van der Waals surface area contributed by atoms with Gasteiger partial charge in [-0.15, -0.1) is 0 Å². The van der Waals surface area contributed by atoms with Crippen molar-refractivity contribution in [2.45, 2.75) is 26.3 Å². The number of nitrogens with zero attached hydrogens (tertiary/aromatic N) is 4. The summed E-state index contributed by atoms with van der Waals surface area (Å²) in [6.45, 7) is 4.56. The van der Waals surface area contributed by atoms with Crippen LogP contribution in [0.1, 0.15) is 31.2 Å². The van der Waals surface area contributed by atoms with Crippen molar-refractivity contribution in [1.29, 1.82) is 0 Å². The van der Waals surface area contributed by atoms with Crippen LogP contribution in [-0.2, 0) is 6.54 Å². The third-order valence-corrected chi connectivity index (χ3v) is 4.41. The summed E-state index contributed by atoms with van der Waals surface area (Å²) in [5.41, 5.74) is 1.52. The van der Waals surface area contributed by atoms with Crippen molar-refractivity contribution >= 4 is 22.8 Å². The Balaban J connectivity index is 1.44. The third-order valence-electron chi connectivity index (χ3n) is 4.41. The van der Waals surface area contributed by atoms with Crippen LogP contribution in [0.4, 0.5) is 10.6 Å². The molecule has 160 valence electrons. The van der Waals surface area contributed by atoms with E-state index in [0.717, 1.165) is 11.1 Å². The molecule has 10 heteroatoms. The Kier molecular flexibility index (Phi) is 5.80. The summed E-state index contributed by atoms with van der Waals surface area (Å²) in [5.74, 6) is 2.19. The van der Waals surface area contributed by atoms with Crippen LogP contribution in [0.2, 0.25) is 0 Å². The van der Waals surface area contributed by atoms with Gasteiger partial charge in [0.1, 0.15) is 17.8 Å². The zero-order valence-corrected chi connectivity index (χ0v) is 17.3. The van der Waals surface area contributed by atoms with E-state index in [9.17, 15) is 4.79 Å². The van der Waals surface area contributed by atoms with E-state index in [1.54, 1.807) is 30.5 Å². The number of rotatable bonds is 7. The number of aromatic nitrogens is 4. The van der Waals surface area contributed by atoms with Crippen LogP contribution < -0.4 is 20.2 Å². The molecule has 4 aromatic rings. The summed E-state index contributed by atoms with van der Waals surface area (Å²) in [7, 11) is 1.85. The molecule has 10 nitrogen and oxygen atoms in total. The number of hydrogen-bond donors (Lipinski definition) is 2. The van der Waals surface area contributed by atoms with Crippen molar-refractivity contribution in [3.05, 3.63) is 60.4 Å². The largest absolute Gasteiger partial charge is 0.439 e. The van der Waals surface area contributed by atoms with Crippen molar-refractivity contribution in [3.8, 4) is 11.6 Å². The van der Waals surface area contributed by atoms with Gasteiger partial charge >= 0.3 is 6.09 Å². The van der Waals surface area contributed by atoms with E-state index in [2.05, 4.69) is 25.8 Å². The molecule has 0 bridgehead atoms. The second kappa shape index (κ2) is 8.84. The summed E-state index contributed by atoms with van der Waals surface area (Å²) in [5, 5.41) is 10.2. The lowest BCUT2D eigenvalue weighted by molar-refractivity contribution is 0.153. The summed E-state index contributed by atoms with van der Waals surface area (Å²) in [6.07, 6.45) is 2.42. The van der Waals surface area contributed by atoms with Crippen molar-refractivity contribution in [2.24, 2.45) is 0 Å². The van der Waals surface area contributed by atoms with Gasteiger partial charge in [0.2, 0.25) is 5.88 Å².